The highest BCUT2D eigenvalue weighted by atomic mass is 19.4. The predicted octanol–water partition coefficient (Wildman–Crippen LogP) is 5.64. The molecular formula is C17H10F8. The zero-order valence-corrected chi connectivity index (χ0v) is 12.3. The van der Waals surface area contributed by atoms with Gasteiger partial charge in [-0.25, -0.2) is 8.78 Å². The summed E-state index contributed by atoms with van der Waals surface area (Å²) >= 11 is 0. The number of hydrogen-bond acceptors (Lipinski definition) is 0. The van der Waals surface area contributed by atoms with Crippen LogP contribution in [0.5, 0.6) is 0 Å². The van der Waals surface area contributed by atoms with Gasteiger partial charge in [-0.15, -0.1) is 0 Å². The molecule has 1 saturated carbocycles. The molecule has 0 heterocycles. The second-order valence-corrected chi connectivity index (χ2v) is 5.77. The van der Waals surface area contributed by atoms with Crippen molar-refractivity contribution in [1.82, 2.24) is 0 Å². The van der Waals surface area contributed by atoms with Gasteiger partial charge in [0.2, 0.25) is 11.3 Å². The maximum atomic E-state index is 15.5. The molecule has 2 aromatic carbocycles. The van der Waals surface area contributed by atoms with Gasteiger partial charge in [0.15, 0.2) is 0 Å². The molecule has 0 aliphatic heterocycles. The van der Waals surface area contributed by atoms with Crippen molar-refractivity contribution < 1.29 is 35.1 Å². The van der Waals surface area contributed by atoms with Gasteiger partial charge in [0, 0.05) is 0 Å². The summed E-state index contributed by atoms with van der Waals surface area (Å²) in [5.74, 6) is -18.3. The first-order chi connectivity index (χ1) is 11.5. The van der Waals surface area contributed by atoms with Gasteiger partial charge in [0.1, 0.15) is 0 Å². The van der Waals surface area contributed by atoms with Crippen molar-refractivity contribution in [3.05, 3.63) is 71.8 Å². The fourth-order valence-electron chi connectivity index (χ4n) is 3.16. The number of benzene rings is 2. The van der Waals surface area contributed by atoms with Crippen LogP contribution in [-0.2, 0) is 11.3 Å². The van der Waals surface area contributed by atoms with E-state index in [2.05, 4.69) is 0 Å². The van der Waals surface area contributed by atoms with Gasteiger partial charge < -0.3 is 0 Å². The third-order valence-corrected chi connectivity index (χ3v) is 4.47. The van der Waals surface area contributed by atoms with E-state index < -0.39 is 40.2 Å². The average Bonchev–Trinajstić information content (AvgIpc) is 2.66. The van der Waals surface area contributed by atoms with Crippen molar-refractivity contribution in [2.45, 2.75) is 29.1 Å². The van der Waals surface area contributed by atoms with E-state index in [9.17, 15) is 26.3 Å². The molecule has 2 unspecified atom stereocenters. The normalized spacial score (nSPS) is 32.5. The van der Waals surface area contributed by atoms with E-state index in [1.807, 2.05) is 0 Å². The predicted molar refractivity (Wildman–Crippen MR) is 73.3 cm³/mol. The average molecular weight is 366 g/mol. The van der Waals surface area contributed by atoms with E-state index >= 15 is 8.78 Å². The Morgan fingerprint density at radius 3 is 0.960 bits per heavy atom. The molecule has 2 aromatic rings. The molecule has 0 radical (unpaired) electrons. The van der Waals surface area contributed by atoms with E-state index in [0.29, 0.717) is 24.3 Å². The molecule has 25 heavy (non-hydrogen) atoms. The van der Waals surface area contributed by atoms with Crippen LogP contribution < -0.4 is 0 Å². The van der Waals surface area contributed by atoms with Crippen molar-refractivity contribution in [2.75, 3.05) is 0 Å². The molecule has 0 spiro atoms. The monoisotopic (exact) mass is 366 g/mol. The van der Waals surface area contributed by atoms with Crippen LogP contribution in [0.25, 0.3) is 0 Å². The number of hydrogen-bond donors (Lipinski definition) is 0. The minimum absolute atomic E-state index is 0.572. The summed E-state index contributed by atoms with van der Waals surface area (Å²) in [6, 6.07) is 8.59. The molecule has 8 heteroatoms. The van der Waals surface area contributed by atoms with Crippen LogP contribution in [-0.4, -0.2) is 17.8 Å². The Labute approximate surface area is 137 Å². The van der Waals surface area contributed by atoms with Gasteiger partial charge in [0.25, 0.3) is 0 Å². The van der Waals surface area contributed by atoms with Gasteiger partial charge in [-0.05, 0) is 11.1 Å². The van der Waals surface area contributed by atoms with E-state index in [1.165, 1.54) is 12.1 Å². The summed E-state index contributed by atoms with van der Waals surface area (Å²) in [6.07, 6.45) is 0. The van der Waals surface area contributed by atoms with E-state index in [-0.39, 0.29) is 0 Å². The SMILES string of the molecule is FC1(F)C(F)(F)C(F)(c2ccccc2)C(F)(c2ccccc2)C1(F)F. The van der Waals surface area contributed by atoms with Crippen LogP contribution in [0.1, 0.15) is 11.1 Å². The fraction of sp³-hybridized carbons (Fsp3) is 0.294. The van der Waals surface area contributed by atoms with E-state index in [0.717, 1.165) is 24.3 Å². The molecule has 2 atom stereocenters. The molecule has 1 aliphatic carbocycles. The lowest BCUT2D eigenvalue weighted by Gasteiger charge is -2.37. The lowest BCUT2D eigenvalue weighted by atomic mass is 9.76. The lowest BCUT2D eigenvalue weighted by molar-refractivity contribution is -0.293. The molecule has 1 fully saturated rings. The first-order valence-corrected chi connectivity index (χ1v) is 7.08. The summed E-state index contributed by atoms with van der Waals surface area (Å²) in [6.45, 7) is 0. The molecule has 1 aliphatic rings. The molecule has 0 saturated heterocycles. The smallest absolute Gasteiger partial charge is 0.227 e. The highest BCUT2D eigenvalue weighted by molar-refractivity contribution is 5.45. The van der Waals surface area contributed by atoms with E-state index in [4.69, 9.17) is 0 Å². The van der Waals surface area contributed by atoms with Crippen molar-refractivity contribution in [3.8, 4) is 0 Å². The summed E-state index contributed by atoms with van der Waals surface area (Å²) in [5.41, 5.74) is -12.6. The largest absolute Gasteiger partial charge is 0.379 e. The van der Waals surface area contributed by atoms with Gasteiger partial charge in [-0.2, -0.15) is 26.3 Å². The molecule has 0 bridgehead atoms. The number of halogens is 8. The van der Waals surface area contributed by atoms with Crippen LogP contribution in [0.15, 0.2) is 60.7 Å². The molecule has 0 nitrogen and oxygen atoms in total. The fourth-order valence-corrected chi connectivity index (χ4v) is 3.16. The van der Waals surface area contributed by atoms with E-state index in [1.54, 1.807) is 0 Å². The molecule has 0 N–H and O–H groups in total. The first kappa shape index (κ1) is 17.7. The number of rotatable bonds is 2. The van der Waals surface area contributed by atoms with Crippen LogP contribution in [0.4, 0.5) is 35.1 Å². The van der Waals surface area contributed by atoms with Crippen molar-refractivity contribution in [1.29, 1.82) is 0 Å². The van der Waals surface area contributed by atoms with Crippen molar-refractivity contribution in [2.24, 2.45) is 0 Å². The molecular weight excluding hydrogens is 356 g/mol. The maximum Gasteiger partial charge on any atom is 0.379 e. The topological polar surface area (TPSA) is 0 Å². The Balaban J connectivity index is 2.45. The molecule has 0 aromatic heterocycles. The maximum absolute atomic E-state index is 15.5. The Morgan fingerprint density at radius 1 is 0.400 bits per heavy atom. The van der Waals surface area contributed by atoms with Gasteiger partial charge in [0.05, 0.1) is 0 Å². The number of alkyl halides is 8. The Kier molecular flexibility index (Phi) is 3.51. The Bertz CT molecular complexity index is 708. The summed E-state index contributed by atoms with van der Waals surface area (Å²) in [7, 11) is 0. The van der Waals surface area contributed by atoms with Crippen LogP contribution >= 0.6 is 0 Å². The second kappa shape index (κ2) is 4.95. The summed E-state index contributed by atoms with van der Waals surface area (Å²) in [5, 5.41) is 0. The Morgan fingerprint density at radius 2 is 0.680 bits per heavy atom. The van der Waals surface area contributed by atoms with Crippen LogP contribution in [0.3, 0.4) is 0 Å². The summed E-state index contributed by atoms with van der Waals surface area (Å²) < 4.78 is 116. The summed E-state index contributed by atoms with van der Waals surface area (Å²) in [4.78, 5) is 0. The Hall–Kier alpha value is -2.12. The zero-order chi connectivity index (χ0) is 18.7. The quantitative estimate of drug-likeness (QED) is 0.604. The van der Waals surface area contributed by atoms with Crippen LogP contribution in [0, 0.1) is 0 Å². The first-order valence-electron chi connectivity index (χ1n) is 7.08. The van der Waals surface area contributed by atoms with Crippen molar-refractivity contribution in [3.63, 3.8) is 0 Å². The minimum atomic E-state index is -6.25. The highest BCUT2D eigenvalue weighted by Gasteiger charge is 2.99. The molecule has 3 rings (SSSR count). The van der Waals surface area contributed by atoms with Crippen molar-refractivity contribution >= 4 is 0 Å². The second-order valence-electron chi connectivity index (χ2n) is 5.77. The zero-order valence-electron chi connectivity index (χ0n) is 12.3. The van der Waals surface area contributed by atoms with Gasteiger partial charge in [-0.1, -0.05) is 60.7 Å². The van der Waals surface area contributed by atoms with Gasteiger partial charge >= 0.3 is 17.8 Å². The van der Waals surface area contributed by atoms with Gasteiger partial charge in [-0.3, -0.25) is 0 Å². The lowest BCUT2D eigenvalue weighted by Crippen LogP contribution is -2.52. The molecule has 134 valence electrons. The van der Waals surface area contributed by atoms with Crippen LogP contribution in [0.2, 0.25) is 0 Å². The minimum Gasteiger partial charge on any atom is -0.227 e. The molecule has 0 amide bonds. The third-order valence-electron chi connectivity index (χ3n) is 4.47. The standard InChI is InChI=1S/C17H10F8/c18-13(11-7-3-1-4-8-11)14(19,12-9-5-2-6-10-12)16(22,23)17(24,25)15(13,20)21/h1-10H. The third kappa shape index (κ3) is 1.72. The highest BCUT2D eigenvalue weighted by Crippen LogP contribution is 2.75.